The molecule has 0 saturated carbocycles. The predicted molar refractivity (Wildman–Crippen MR) is 328 cm³/mol. The van der Waals surface area contributed by atoms with E-state index < -0.39 is 54.8 Å². The first-order chi connectivity index (χ1) is 39.0. The molecule has 0 aromatic rings. The predicted octanol–water partition coefficient (Wildman–Crippen LogP) is 18.3. The maximum atomic E-state index is 11.4. The molecule has 11 heteroatoms. The van der Waals surface area contributed by atoms with Crippen molar-refractivity contribution in [2.24, 2.45) is 0 Å². The average molecular weight is 1130 g/mol. The Morgan fingerprint density at radius 2 is 0.633 bits per heavy atom. The molecular formula is C68H134O11. The molecule has 0 aliphatic carbocycles. The van der Waals surface area contributed by atoms with Gasteiger partial charge in [-0.15, -0.1) is 0 Å². The Balaban J connectivity index is 2.72. The Kier molecular flexibility index (Phi) is 51.2. The third kappa shape index (κ3) is 35.6. The Morgan fingerprint density at radius 3 is 1.03 bits per heavy atom. The lowest BCUT2D eigenvalue weighted by Crippen LogP contribution is -2.65. The van der Waals surface area contributed by atoms with Crippen LogP contribution >= 0.6 is 0 Å². The van der Waals surface area contributed by atoms with Gasteiger partial charge in [-0.05, 0) is 44.9 Å². The molecule has 9 atom stereocenters. The van der Waals surface area contributed by atoms with E-state index in [4.69, 9.17) is 47.4 Å². The van der Waals surface area contributed by atoms with Crippen molar-refractivity contribution in [3.05, 3.63) is 0 Å². The van der Waals surface area contributed by atoms with Crippen LogP contribution in [0.3, 0.4) is 0 Å². The minimum atomic E-state index is -1.44. The summed E-state index contributed by atoms with van der Waals surface area (Å²) in [6.07, 6.45) is 43.9. The lowest BCUT2D eigenvalue weighted by molar-refractivity contribution is -0.395. The van der Waals surface area contributed by atoms with Gasteiger partial charge in [0.05, 0.1) is 13.2 Å². The molecule has 0 bridgehead atoms. The largest absolute Gasteiger partial charge is 0.394 e. The molecular weight excluding hydrogens is 993 g/mol. The van der Waals surface area contributed by atoms with E-state index in [1.54, 1.807) is 0 Å². The Hall–Kier alpha value is -0.440. The van der Waals surface area contributed by atoms with Crippen molar-refractivity contribution in [3.8, 4) is 0 Å². The number of aliphatic hydroxyl groups excluding tert-OH is 1. The maximum absolute atomic E-state index is 11.4. The van der Waals surface area contributed by atoms with Gasteiger partial charge in [0.15, 0.2) is 6.29 Å². The molecule has 11 nitrogen and oxygen atoms in total. The van der Waals surface area contributed by atoms with E-state index in [0.717, 1.165) is 89.9 Å². The first kappa shape index (κ1) is 74.7. The monoisotopic (exact) mass is 1130 g/mol. The molecule has 79 heavy (non-hydrogen) atoms. The van der Waals surface area contributed by atoms with E-state index in [2.05, 4.69) is 48.5 Å². The smallest absolute Gasteiger partial charge is 0.224 e. The Bertz CT molecular complexity index is 1250. The van der Waals surface area contributed by atoms with Crippen molar-refractivity contribution in [2.45, 2.75) is 373 Å². The fraction of sp³-hybridized carbons (Fsp3) is 1.00. The van der Waals surface area contributed by atoms with Crippen LogP contribution in [0.4, 0.5) is 0 Å². The summed E-state index contributed by atoms with van der Waals surface area (Å²) < 4.78 is 70.9. The number of rotatable bonds is 61. The Morgan fingerprint density at radius 1 is 0.316 bits per heavy atom. The molecule has 2 saturated heterocycles. The van der Waals surface area contributed by atoms with Crippen molar-refractivity contribution in [1.82, 2.24) is 0 Å². The van der Waals surface area contributed by atoms with Crippen molar-refractivity contribution < 1.29 is 52.5 Å². The second kappa shape index (κ2) is 54.2. The maximum Gasteiger partial charge on any atom is 0.224 e. The molecule has 1 N–H and O–H groups in total. The molecule has 472 valence electrons. The molecule has 0 aromatic carbocycles. The van der Waals surface area contributed by atoms with E-state index in [0.29, 0.717) is 52.9 Å². The van der Waals surface area contributed by atoms with Crippen molar-refractivity contribution >= 4 is 0 Å². The van der Waals surface area contributed by atoms with Crippen molar-refractivity contribution in [3.63, 3.8) is 0 Å². The fourth-order valence-corrected chi connectivity index (χ4v) is 11.4. The molecule has 0 spiro atoms. The third-order valence-electron chi connectivity index (χ3n) is 16.4. The number of aliphatic hydroxyl groups is 1. The van der Waals surface area contributed by atoms with Gasteiger partial charge in [0, 0.05) is 46.2 Å². The summed E-state index contributed by atoms with van der Waals surface area (Å²) in [6.45, 7) is 20.2. The van der Waals surface area contributed by atoms with Crippen LogP contribution in [-0.2, 0) is 47.4 Å². The molecule has 2 rings (SSSR count). The lowest BCUT2D eigenvalue weighted by atomic mass is 9.97. The minimum absolute atomic E-state index is 0.128. The lowest BCUT2D eigenvalue weighted by Gasteiger charge is -2.48. The fourth-order valence-electron chi connectivity index (χ4n) is 11.4. The highest BCUT2D eigenvalue weighted by Gasteiger charge is 2.61. The third-order valence-corrected chi connectivity index (χ3v) is 16.4. The minimum Gasteiger partial charge on any atom is -0.394 e. The van der Waals surface area contributed by atoms with E-state index in [9.17, 15) is 5.11 Å². The van der Waals surface area contributed by atoms with Gasteiger partial charge >= 0.3 is 0 Å². The number of ether oxygens (including phenoxy) is 10. The molecule has 0 radical (unpaired) electrons. The zero-order valence-corrected chi connectivity index (χ0v) is 53.4. The van der Waals surface area contributed by atoms with Gasteiger partial charge < -0.3 is 52.5 Å². The summed E-state index contributed by atoms with van der Waals surface area (Å²) in [6, 6.07) is 0. The molecule has 0 unspecified atom stereocenters. The molecule has 0 amide bonds. The normalized spacial score (nSPS) is 23.4. The van der Waals surface area contributed by atoms with E-state index in [-0.39, 0.29) is 13.2 Å². The average Bonchev–Trinajstić information content (AvgIpc) is 3.76. The summed E-state index contributed by atoms with van der Waals surface area (Å²) in [5.41, 5.74) is 0. The zero-order valence-electron chi connectivity index (χ0n) is 53.4. The molecule has 2 aliphatic rings. The molecule has 2 heterocycles. The standard InChI is InChI=1S/C68H134O11/c1-8-15-22-29-36-43-50-70-58-61-63(73-53-46-39-32-25-18-11-4)66(76-56-49-42-35-28-21-14-7)68(78-61,59-71-51-44-37-30-23-16-9-2)79-67-65(75-55-48-41-34-27-20-13-6)64(74-54-47-40-33-26-19-12-5)62(60(57-69)77-67)72-52-45-38-31-24-17-10-3/h60-67,69H,8-59H2,1-7H3/t60-,61-,62-,63-,64+,65-,66+,67-,68+/m1/s1. The first-order valence-corrected chi connectivity index (χ1v) is 34.9. The highest BCUT2D eigenvalue weighted by molar-refractivity contribution is 5.02. The number of hydrogen-bond acceptors (Lipinski definition) is 11. The summed E-state index contributed by atoms with van der Waals surface area (Å²) in [4.78, 5) is 0. The van der Waals surface area contributed by atoms with Crippen LogP contribution in [-0.4, -0.2) is 126 Å². The van der Waals surface area contributed by atoms with Gasteiger partial charge in [-0.25, -0.2) is 0 Å². The van der Waals surface area contributed by atoms with Crippen LogP contribution in [0, 0.1) is 0 Å². The number of hydrogen-bond donors (Lipinski definition) is 1. The van der Waals surface area contributed by atoms with Gasteiger partial charge in [0.2, 0.25) is 5.79 Å². The topological polar surface area (TPSA) is 113 Å². The van der Waals surface area contributed by atoms with Crippen LogP contribution in [0.2, 0.25) is 0 Å². The summed E-state index contributed by atoms with van der Waals surface area (Å²) >= 11 is 0. The van der Waals surface area contributed by atoms with Crippen LogP contribution in [0.25, 0.3) is 0 Å². The Labute approximate surface area is 489 Å². The summed E-state index contributed by atoms with van der Waals surface area (Å²) in [7, 11) is 0. The second-order valence-corrected chi connectivity index (χ2v) is 23.9. The molecule has 0 aromatic heterocycles. The van der Waals surface area contributed by atoms with Gasteiger partial charge in [-0.3, -0.25) is 0 Å². The number of unbranched alkanes of at least 4 members (excludes halogenated alkanes) is 35. The van der Waals surface area contributed by atoms with Crippen LogP contribution in [0.1, 0.15) is 318 Å². The summed E-state index contributed by atoms with van der Waals surface area (Å²) in [5, 5.41) is 11.4. The quantitative estimate of drug-likeness (QED) is 0.0588. The van der Waals surface area contributed by atoms with Crippen LogP contribution < -0.4 is 0 Å². The summed E-state index contributed by atoms with van der Waals surface area (Å²) in [5.74, 6) is -1.44. The first-order valence-electron chi connectivity index (χ1n) is 34.9. The second-order valence-electron chi connectivity index (χ2n) is 23.9. The van der Waals surface area contributed by atoms with E-state index in [1.165, 1.54) is 180 Å². The highest BCUT2D eigenvalue weighted by Crippen LogP contribution is 2.42. The zero-order chi connectivity index (χ0) is 57.0. The SMILES string of the molecule is CCCCCCCCOC[C@H]1O[C@@](COCCCCCCCC)(O[C@H]2O[C@H](CO)[C@@H](OCCCCCCCC)[C@H](OCCCCCCCC)[C@H]2OCCCCCCCC)[C@@H](OCCCCCCCC)[C@@H]1OCCCCCCCC. The van der Waals surface area contributed by atoms with Gasteiger partial charge in [0.1, 0.15) is 49.3 Å². The highest BCUT2D eigenvalue weighted by atomic mass is 16.8. The van der Waals surface area contributed by atoms with E-state index >= 15 is 0 Å². The van der Waals surface area contributed by atoms with Gasteiger partial charge in [0.25, 0.3) is 0 Å². The van der Waals surface area contributed by atoms with Crippen LogP contribution in [0.5, 0.6) is 0 Å². The van der Waals surface area contributed by atoms with Crippen molar-refractivity contribution in [2.75, 3.05) is 66.1 Å². The van der Waals surface area contributed by atoms with Crippen LogP contribution in [0.15, 0.2) is 0 Å². The van der Waals surface area contributed by atoms with Gasteiger partial charge in [-0.1, -0.05) is 273 Å². The van der Waals surface area contributed by atoms with Crippen molar-refractivity contribution in [1.29, 1.82) is 0 Å². The van der Waals surface area contributed by atoms with Gasteiger partial charge in [-0.2, -0.15) is 0 Å². The molecule has 2 fully saturated rings. The molecule has 2 aliphatic heterocycles. The van der Waals surface area contributed by atoms with E-state index in [1.807, 2.05) is 0 Å².